The lowest BCUT2D eigenvalue weighted by molar-refractivity contribution is -0.122. The summed E-state index contributed by atoms with van der Waals surface area (Å²) in [6, 6.07) is 7.82. The van der Waals surface area contributed by atoms with E-state index in [1.54, 1.807) is 39.0 Å². The van der Waals surface area contributed by atoms with Crippen LogP contribution >= 0.6 is 0 Å². The number of imide groups is 1. The second kappa shape index (κ2) is 6.57. The van der Waals surface area contributed by atoms with Gasteiger partial charge in [0.15, 0.2) is 6.61 Å². The molecule has 3 amide bonds. The summed E-state index contributed by atoms with van der Waals surface area (Å²) in [5.41, 5.74) is 0.0141. The molecular weight excluding hydrogens is 258 g/mol. The molecule has 0 unspecified atom stereocenters. The van der Waals surface area contributed by atoms with Crippen molar-refractivity contribution in [2.75, 3.05) is 6.61 Å². The number of nitrogens with zero attached hydrogens (tertiary/aromatic N) is 1. The monoisotopic (exact) mass is 275 g/mol. The number of ether oxygens (including phenoxy) is 1. The largest absolute Gasteiger partial charge is 0.484 e. The van der Waals surface area contributed by atoms with Crippen molar-refractivity contribution in [2.45, 2.75) is 26.3 Å². The lowest BCUT2D eigenvalue weighted by Crippen LogP contribution is -2.49. The van der Waals surface area contributed by atoms with E-state index in [1.807, 2.05) is 6.07 Å². The van der Waals surface area contributed by atoms with E-state index in [4.69, 9.17) is 10.00 Å². The Morgan fingerprint density at radius 1 is 1.35 bits per heavy atom. The number of hydrogen-bond acceptors (Lipinski definition) is 4. The molecule has 1 aromatic carbocycles. The molecule has 1 aromatic rings. The Balaban J connectivity index is 2.44. The summed E-state index contributed by atoms with van der Waals surface area (Å²) in [5.74, 6) is -0.162. The summed E-state index contributed by atoms with van der Waals surface area (Å²) in [5, 5.41) is 13.5. The molecule has 0 saturated carbocycles. The van der Waals surface area contributed by atoms with Gasteiger partial charge in [-0.1, -0.05) is 6.07 Å². The van der Waals surface area contributed by atoms with Gasteiger partial charge in [0.1, 0.15) is 5.75 Å². The highest BCUT2D eigenvalue weighted by Crippen LogP contribution is 2.12. The molecule has 0 aliphatic heterocycles. The van der Waals surface area contributed by atoms with Gasteiger partial charge in [0.25, 0.3) is 5.91 Å². The van der Waals surface area contributed by atoms with Crippen LogP contribution in [-0.4, -0.2) is 24.1 Å². The molecule has 6 nitrogen and oxygen atoms in total. The van der Waals surface area contributed by atoms with Gasteiger partial charge >= 0.3 is 6.03 Å². The number of carbonyl (C=O) groups is 2. The number of rotatable bonds is 3. The zero-order valence-electron chi connectivity index (χ0n) is 11.7. The van der Waals surface area contributed by atoms with Gasteiger partial charge in [0.2, 0.25) is 0 Å². The fraction of sp³-hybridized carbons (Fsp3) is 0.357. The first-order chi connectivity index (χ1) is 9.30. The molecule has 0 atom stereocenters. The first-order valence-corrected chi connectivity index (χ1v) is 6.05. The average molecular weight is 275 g/mol. The summed E-state index contributed by atoms with van der Waals surface area (Å²) < 4.78 is 5.20. The van der Waals surface area contributed by atoms with Crippen LogP contribution in [0.4, 0.5) is 4.79 Å². The quantitative estimate of drug-likeness (QED) is 0.875. The summed E-state index contributed by atoms with van der Waals surface area (Å²) in [6.07, 6.45) is 0. The van der Waals surface area contributed by atoms with E-state index < -0.39 is 17.5 Å². The van der Waals surface area contributed by atoms with E-state index in [1.165, 1.54) is 6.07 Å². The molecule has 0 aliphatic carbocycles. The molecule has 2 N–H and O–H groups in total. The SMILES string of the molecule is CC(C)(C)NC(=O)NC(=O)COc1cccc(C#N)c1. The third-order valence-electron chi connectivity index (χ3n) is 2.07. The zero-order valence-corrected chi connectivity index (χ0v) is 11.7. The second-order valence-electron chi connectivity index (χ2n) is 5.18. The van der Waals surface area contributed by atoms with Gasteiger partial charge in [-0.25, -0.2) is 4.79 Å². The lowest BCUT2D eigenvalue weighted by Gasteiger charge is -2.20. The van der Waals surface area contributed by atoms with Crippen LogP contribution in [0.15, 0.2) is 24.3 Å². The van der Waals surface area contributed by atoms with Crippen LogP contribution in [0.1, 0.15) is 26.3 Å². The summed E-state index contributed by atoms with van der Waals surface area (Å²) in [7, 11) is 0. The predicted molar refractivity (Wildman–Crippen MR) is 73.1 cm³/mol. The standard InChI is InChI=1S/C14H17N3O3/c1-14(2,3)17-13(19)16-12(18)9-20-11-6-4-5-10(7-11)8-15/h4-7H,9H2,1-3H3,(H2,16,17,18,19). The van der Waals surface area contributed by atoms with Gasteiger partial charge in [-0.15, -0.1) is 0 Å². The summed E-state index contributed by atoms with van der Waals surface area (Å²) >= 11 is 0. The van der Waals surface area contributed by atoms with Gasteiger partial charge in [-0.05, 0) is 39.0 Å². The van der Waals surface area contributed by atoms with Crippen molar-refractivity contribution in [1.82, 2.24) is 10.6 Å². The fourth-order valence-electron chi connectivity index (χ4n) is 1.34. The van der Waals surface area contributed by atoms with Gasteiger partial charge in [-0.2, -0.15) is 5.26 Å². The number of nitrogens with one attached hydrogen (secondary N) is 2. The maximum absolute atomic E-state index is 11.5. The van der Waals surface area contributed by atoms with Crippen molar-refractivity contribution in [3.8, 4) is 11.8 Å². The molecule has 0 saturated heterocycles. The van der Waals surface area contributed by atoms with E-state index in [0.29, 0.717) is 11.3 Å². The number of urea groups is 1. The first-order valence-electron chi connectivity index (χ1n) is 6.05. The highest BCUT2D eigenvalue weighted by molar-refractivity contribution is 5.95. The molecule has 6 heteroatoms. The van der Waals surface area contributed by atoms with E-state index in [9.17, 15) is 9.59 Å². The van der Waals surface area contributed by atoms with E-state index in [0.717, 1.165) is 0 Å². The number of benzene rings is 1. The second-order valence-corrected chi connectivity index (χ2v) is 5.18. The van der Waals surface area contributed by atoms with Gasteiger partial charge in [-0.3, -0.25) is 10.1 Å². The van der Waals surface area contributed by atoms with E-state index >= 15 is 0 Å². The van der Waals surface area contributed by atoms with Crippen molar-refractivity contribution in [2.24, 2.45) is 0 Å². The molecule has 0 aliphatic rings. The maximum Gasteiger partial charge on any atom is 0.321 e. The van der Waals surface area contributed by atoms with Gasteiger partial charge in [0, 0.05) is 5.54 Å². The smallest absolute Gasteiger partial charge is 0.321 e. The summed E-state index contributed by atoms with van der Waals surface area (Å²) in [6.45, 7) is 5.12. The van der Waals surface area contributed by atoms with Crippen molar-refractivity contribution in [1.29, 1.82) is 5.26 Å². The molecule has 0 fully saturated rings. The Bertz CT molecular complexity index is 541. The molecule has 0 radical (unpaired) electrons. The Morgan fingerprint density at radius 2 is 2.05 bits per heavy atom. The minimum atomic E-state index is -0.572. The van der Waals surface area contributed by atoms with Gasteiger partial charge in [0.05, 0.1) is 11.6 Å². The van der Waals surface area contributed by atoms with Crippen molar-refractivity contribution < 1.29 is 14.3 Å². The number of hydrogen-bond donors (Lipinski definition) is 2. The van der Waals surface area contributed by atoms with Crippen LogP contribution in [0.5, 0.6) is 5.75 Å². The Morgan fingerprint density at radius 3 is 2.65 bits per heavy atom. The number of carbonyl (C=O) groups excluding carboxylic acids is 2. The lowest BCUT2D eigenvalue weighted by atomic mass is 10.1. The molecule has 0 bridgehead atoms. The van der Waals surface area contributed by atoms with E-state index in [2.05, 4.69) is 10.6 Å². The molecule has 0 heterocycles. The predicted octanol–water partition coefficient (Wildman–Crippen LogP) is 1.56. The number of amides is 3. The highest BCUT2D eigenvalue weighted by atomic mass is 16.5. The average Bonchev–Trinajstić information content (AvgIpc) is 2.34. The van der Waals surface area contributed by atoms with Crippen LogP contribution in [0.25, 0.3) is 0 Å². The van der Waals surface area contributed by atoms with Crippen molar-refractivity contribution >= 4 is 11.9 Å². The van der Waals surface area contributed by atoms with Crippen LogP contribution < -0.4 is 15.4 Å². The zero-order chi connectivity index (χ0) is 15.2. The number of nitriles is 1. The van der Waals surface area contributed by atoms with Crippen molar-refractivity contribution in [3.05, 3.63) is 29.8 Å². The van der Waals surface area contributed by atoms with Gasteiger partial charge < -0.3 is 10.1 Å². The minimum Gasteiger partial charge on any atom is -0.484 e. The van der Waals surface area contributed by atoms with Crippen LogP contribution in [0, 0.1) is 11.3 Å². The Kier molecular flexibility index (Phi) is 5.09. The molecule has 0 spiro atoms. The van der Waals surface area contributed by atoms with Crippen LogP contribution in [-0.2, 0) is 4.79 Å². The van der Waals surface area contributed by atoms with Crippen LogP contribution in [0.2, 0.25) is 0 Å². The maximum atomic E-state index is 11.5. The molecule has 106 valence electrons. The fourth-order valence-corrected chi connectivity index (χ4v) is 1.34. The third kappa shape index (κ3) is 5.87. The van der Waals surface area contributed by atoms with Crippen LogP contribution in [0.3, 0.4) is 0 Å². The minimum absolute atomic E-state index is 0.299. The molecule has 0 aromatic heterocycles. The normalized spacial score (nSPS) is 10.3. The van der Waals surface area contributed by atoms with Crippen molar-refractivity contribution in [3.63, 3.8) is 0 Å². The molecular formula is C14H17N3O3. The molecule has 1 rings (SSSR count). The third-order valence-corrected chi connectivity index (χ3v) is 2.07. The summed E-state index contributed by atoms with van der Waals surface area (Å²) in [4.78, 5) is 22.9. The first kappa shape index (κ1) is 15.5. The highest BCUT2D eigenvalue weighted by Gasteiger charge is 2.15. The van der Waals surface area contributed by atoms with E-state index in [-0.39, 0.29) is 6.61 Å². The molecule has 20 heavy (non-hydrogen) atoms. The Labute approximate surface area is 117 Å². The topological polar surface area (TPSA) is 91.2 Å². The Hall–Kier alpha value is -2.55.